The Labute approximate surface area is 153 Å². The van der Waals surface area contributed by atoms with Gasteiger partial charge >= 0.3 is 6.09 Å². The van der Waals surface area contributed by atoms with Crippen molar-refractivity contribution in [2.24, 2.45) is 0 Å². The van der Waals surface area contributed by atoms with Gasteiger partial charge in [-0.2, -0.15) is 0 Å². The molecule has 0 aliphatic rings. The van der Waals surface area contributed by atoms with E-state index in [2.05, 4.69) is 52.1 Å². The van der Waals surface area contributed by atoms with Crippen molar-refractivity contribution in [1.29, 1.82) is 0 Å². The van der Waals surface area contributed by atoms with Gasteiger partial charge in [0, 0.05) is 25.7 Å². The Bertz CT molecular complexity index is 576. The summed E-state index contributed by atoms with van der Waals surface area (Å²) in [7, 11) is 0. The van der Waals surface area contributed by atoms with Gasteiger partial charge in [0.25, 0.3) is 0 Å². The van der Waals surface area contributed by atoms with Crippen LogP contribution in [0.3, 0.4) is 0 Å². The number of nitrogens with zero attached hydrogens (tertiary/aromatic N) is 1. The van der Waals surface area contributed by atoms with Crippen molar-refractivity contribution in [3.63, 3.8) is 0 Å². The van der Waals surface area contributed by atoms with E-state index < -0.39 is 5.60 Å². The first-order valence-corrected chi connectivity index (χ1v) is 9.34. The first-order chi connectivity index (χ1) is 11.5. The number of hydrogen-bond acceptors (Lipinski definition) is 3. The minimum atomic E-state index is -0.458. The van der Waals surface area contributed by atoms with Crippen LogP contribution >= 0.6 is 0 Å². The van der Waals surface area contributed by atoms with Crippen molar-refractivity contribution in [2.45, 2.75) is 73.5 Å². The van der Waals surface area contributed by atoms with Crippen LogP contribution in [0.4, 0.5) is 4.79 Å². The molecule has 0 aliphatic carbocycles. The van der Waals surface area contributed by atoms with Crippen LogP contribution in [0.15, 0.2) is 12.1 Å². The molecule has 4 heteroatoms. The number of amides is 1. The van der Waals surface area contributed by atoms with Gasteiger partial charge in [-0.1, -0.05) is 19.1 Å². The number of benzene rings is 1. The molecule has 1 aromatic carbocycles. The highest BCUT2D eigenvalue weighted by Crippen LogP contribution is 2.21. The quantitative estimate of drug-likeness (QED) is 0.761. The summed E-state index contributed by atoms with van der Waals surface area (Å²) in [6.07, 6.45) is 0.691. The molecule has 0 aliphatic heterocycles. The van der Waals surface area contributed by atoms with Crippen LogP contribution < -0.4 is 5.32 Å². The third-order valence-corrected chi connectivity index (χ3v) is 4.33. The van der Waals surface area contributed by atoms with Crippen molar-refractivity contribution in [3.05, 3.63) is 34.4 Å². The molecule has 0 radical (unpaired) electrons. The van der Waals surface area contributed by atoms with Crippen LogP contribution in [-0.4, -0.2) is 36.2 Å². The van der Waals surface area contributed by atoms with E-state index in [0.29, 0.717) is 13.1 Å². The Kier molecular flexibility index (Phi) is 7.94. The second kappa shape index (κ2) is 9.23. The number of rotatable bonds is 7. The zero-order valence-electron chi connectivity index (χ0n) is 17.3. The fourth-order valence-corrected chi connectivity index (χ4v) is 2.87. The highest BCUT2D eigenvalue weighted by Gasteiger charge is 2.21. The third-order valence-electron chi connectivity index (χ3n) is 4.33. The maximum atomic E-state index is 12.3. The van der Waals surface area contributed by atoms with E-state index in [0.717, 1.165) is 13.0 Å². The fraction of sp³-hybridized carbons (Fsp3) is 0.667. The zero-order chi connectivity index (χ0) is 19.2. The van der Waals surface area contributed by atoms with Gasteiger partial charge in [0.05, 0.1) is 0 Å². The van der Waals surface area contributed by atoms with E-state index in [1.165, 1.54) is 22.3 Å². The largest absolute Gasteiger partial charge is 0.444 e. The Balaban J connectivity index is 2.63. The number of carbonyl (C=O) groups excluding carboxylic acids is 1. The number of aryl methyl sites for hydroxylation is 3. The third kappa shape index (κ3) is 7.07. The summed E-state index contributed by atoms with van der Waals surface area (Å²) in [5.41, 5.74) is 4.81. The molecule has 1 amide bonds. The molecule has 0 aromatic heterocycles. The number of ether oxygens (including phenoxy) is 1. The molecule has 0 saturated carbocycles. The van der Waals surface area contributed by atoms with Crippen molar-refractivity contribution < 1.29 is 9.53 Å². The van der Waals surface area contributed by atoms with Crippen LogP contribution in [0.5, 0.6) is 0 Å². The Morgan fingerprint density at radius 2 is 1.72 bits per heavy atom. The lowest BCUT2D eigenvalue weighted by Crippen LogP contribution is -2.41. The molecule has 0 fully saturated rings. The monoisotopic (exact) mass is 348 g/mol. The summed E-state index contributed by atoms with van der Waals surface area (Å²) in [6, 6.07) is 4.76. The molecule has 142 valence electrons. The lowest BCUT2D eigenvalue weighted by atomic mass is 9.96. The Morgan fingerprint density at radius 3 is 2.28 bits per heavy atom. The van der Waals surface area contributed by atoms with E-state index in [9.17, 15) is 4.79 Å². The minimum Gasteiger partial charge on any atom is -0.444 e. The Hall–Kier alpha value is -1.55. The Morgan fingerprint density at radius 1 is 1.12 bits per heavy atom. The van der Waals surface area contributed by atoms with Crippen LogP contribution in [0.1, 0.15) is 69.3 Å². The normalized spacial score (nSPS) is 12.8. The molecule has 0 bridgehead atoms. The highest BCUT2D eigenvalue weighted by molar-refractivity contribution is 5.68. The summed E-state index contributed by atoms with van der Waals surface area (Å²) in [5, 5.41) is 3.54. The van der Waals surface area contributed by atoms with E-state index in [1.807, 2.05) is 20.8 Å². The van der Waals surface area contributed by atoms with Crippen LogP contribution in [0, 0.1) is 20.8 Å². The minimum absolute atomic E-state index is 0.230. The molecule has 4 nitrogen and oxygen atoms in total. The highest BCUT2D eigenvalue weighted by atomic mass is 16.6. The first kappa shape index (κ1) is 21.5. The smallest absolute Gasteiger partial charge is 0.410 e. The van der Waals surface area contributed by atoms with E-state index in [-0.39, 0.29) is 12.1 Å². The molecule has 0 spiro atoms. The summed E-state index contributed by atoms with van der Waals surface area (Å²) in [5.74, 6) is 0. The predicted octanol–water partition coefficient (Wildman–Crippen LogP) is 4.91. The predicted molar refractivity (Wildman–Crippen MR) is 105 cm³/mol. The molecule has 1 N–H and O–H groups in total. The summed E-state index contributed by atoms with van der Waals surface area (Å²) < 4.78 is 5.50. The molecule has 1 rings (SSSR count). The average Bonchev–Trinajstić information content (AvgIpc) is 2.48. The van der Waals surface area contributed by atoms with Gasteiger partial charge in [0.1, 0.15) is 5.60 Å². The molecular weight excluding hydrogens is 312 g/mol. The maximum absolute atomic E-state index is 12.3. The second-order valence-electron chi connectivity index (χ2n) is 7.94. The van der Waals surface area contributed by atoms with Gasteiger partial charge in [-0.15, -0.1) is 0 Å². The average molecular weight is 349 g/mol. The van der Waals surface area contributed by atoms with Crippen LogP contribution in [0.2, 0.25) is 0 Å². The van der Waals surface area contributed by atoms with E-state index in [4.69, 9.17) is 4.74 Å². The maximum Gasteiger partial charge on any atom is 0.410 e. The SMILES string of the molecule is CCCN(CCNC(C)c1cc(C)c(C)cc1C)C(=O)OC(C)(C)C. The van der Waals surface area contributed by atoms with Crippen molar-refractivity contribution in [1.82, 2.24) is 10.2 Å². The summed E-state index contributed by atoms with van der Waals surface area (Å²) in [4.78, 5) is 14.1. The molecular formula is C21H36N2O2. The molecule has 1 unspecified atom stereocenters. The fourth-order valence-electron chi connectivity index (χ4n) is 2.87. The molecule has 0 saturated heterocycles. The van der Waals surface area contributed by atoms with Gasteiger partial charge in [-0.3, -0.25) is 0 Å². The van der Waals surface area contributed by atoms with Gasteiger partial charge in [0.15, 0.2) is 0 Å². The van der Waals surface area contributed by atoms with Gasteiger partial charge in [-0.25, -0.2) is 4.79 Å². The van der Waals surface area contributed by atoms with Crippen molar-refractivity contribution in [3.8, 4) is 0 Å². The van der Waals surface area contributed by atoms with E-state index >= 15 is 0 Å². The summed E-state index contributed by atoms with van der Waals surface area (Å²) >= 11 is 0. The zero-order valence-corrected chi connectivity index (χ0v) is 17.3. The number of nitrogens with one attached hydrogen (secondary N) is 1. The van der Waals surface area contributed by atoms with Crippen molar-refractivity contribution in [2.75, 3.05) is 19.6 Å². The van der Waals surface area contributed by atoms with Crippen LogP contribution in [0.25, 0.3) is 0 Å². The topological polar surface area (TPSA) is 41.6 Å². The van der Waals surface area contributed by atoms with Crippen LogP contribution in [-0.2, 0) is 4.74 Å². The van der Waals surface area contributed by atoms with Gasteiger partial charge in [0.2, 0.25) is 0 Å². The molecule has 1 aromatic rings. The number of hydrogen-bond donors (Lipinski definition) is 1. The molecule has 1 atom stereocenters. The lowest BCUT2D eigenvalue weighted by molar-refractivity contribution is 0.0251. The van der Waals surface area contributed by atoms with Crippen molar-refractivity contribution >= 4 is 6.09 Å². The van der Waals surface area contributed by atoms with E-state index in [1.54, 1.807) is 4.90 Å². The lowest BCUT2D eigenvalue weighted by Gasteiger charge is -2.28. The first-order valence-electron chi connectivity index (χ1n) is 9.34. The number of carbonyl (C=O) groups is 1. The molecule has 25 heavy (non-hydrogen) atoms. The standard InChI is InChI=1S/C21H36N2O2/c1-9-11-23(20(24)25-21(6,7)8)12-10-22-18(5)19-14-16(3)15(2)13-17(19)4/h13-14,18,22H,9-12H2,1-8H3. The second-order valence-corrected chi connectivity index (χ2v) is 7.94. The summed E-state index contributed by atoms with van der Waals surface area (Å²) in [6.45, 7) is 18.5. The molecule has 0 heterocycles. The van der Waals surface area contributed by atoms with Gasteiger partial charge < -0.3 is 15.0 Å². The van der Waals surface area contributed by atoms with Gasteiger partial charge in [-0.05, 0) is 77.1 Å².